The van der Waals surface area contributed by atoms with Gasteiger partial charge >= 0.3 is 0 Å². The molecule has 1 N–H and O–H groups in total. The zero-order valence-electron chi connectivity index (χ0n) is 11.5. The Morgan fingerprint density at radius 3 is 2.65 bits per heavy atom. The molecule has 3 heteroatoms. The van der Waals surface area contributed by atoms with E-state index in [-0.39, 0.29) is 0 Å². The highest BCUT2D eigenvalue weighted by atomic mass is 15.3. The van der Waals surface area contributed by atoms with Crippen molar-refractivity contribution in [3.8, 4) is 0 Å². The van der Waals surface area contributed by atoms with Crippen LogP contribution in [0.25, 0.3) is 0 Å². The summed E-state index contributed by atoms with van der Waals surface area (Å²) >= 11 is 0. The molecule has 3 nitrogen and oxygen atoms in total. The molecule has 0 aliphatic heterocycles. The average Bonchev–Trinajstić information content (AvgIpc) is 2.72. The molecule has 0 saturated heterocycles. The van der Waals surface area contributed by atoms with Crippen LogP contribution in [-0.2, 0) is 0 Å². The minimum absolute atomic E-state index is 0.441. The number of nitrogens with one attached hydrogen (secondary N) is 1. The minimum atomic E-state index is 0.441. The van der Waals surface area contributed by atoms with E-state index < -0.39 is 0 Å². The zero-order chi connectivity index (χ0) is 12.4. The highest BCUT2D eigenvalue weighted by molar-refractivity contribution is 5.39. The highest BCUT2D eigenvalue weighted by Crippen LogP contribution is 2.31. The molecule has 3 atom stereocenters. The van der Waals surface area contributed by atoms with Crippen molar-refractivity contribution in [2.45, 2.75) is 59.0 Å². The lowest BCUT2D eigenvalue weighted by Crippen LogP contribution is -2.30. The van der Waals surface area contributed by atoms with Gasteiger partial charge in [0.25, 0.3) is 0 Å². The number of rotatable bonds is 3. The van der Waals surface area contributed by atoms with Gasteiger partial charge in [0.05, 0.1) is 11.9 Å². The van der Waals surface area contributed by atoms with Crippen LogP contribution in [0.2, 0.25) is 0 Å². The summed E-state index contributed by atoms with van der Waals surface area (Å²) in [5.41, 5.74) is 1.17. The van der Waals surface area contributed by atoms with E-state index in [0.29, 0.717) is 12.1 Å². The van der Waals surface area contributed by atoms with Crippen molar-refractivity contribution in [1.29, 1.82) is 0 Å². The van der Waals surface area contributed by atoms with Crippen molar-refractivity contribution in [3.63, 3.8) is 0 Å². The van der Waals surface area contributed by atoms with Gasteiger partial charge in [-0.05, 0) is 44.9 Å². The van der Waals surface area contributed by atoms with Gasteiger partial charge in [-0.2, -0.15) is 5.10 Å². The first kappa shape index (κ1) is 12.5. The summed E-state index contributed by atoms with van der Waals surface area (Å²) in [6, 6.07) is 1.07. The van der Waals surface area contributed by atoms with Crippen molar-refractivity contribution in [3.05, 3.63) is 12.4 Å². The Hall–Kier alpha value is -0.990. The minimum Gasteiger partial charge on any atom is -0.380 e. The fourth-order valence-electron chi connectivity index (χ4n) is 2.61. The van der Waals surface area contributed by atoms with Crippen LogP contribution >= 0.6 is 0 Å². The second kappa shape index (κ2) is 5.11. The topological polar surface area (TPSA) is 29.9 Å². The summed E-state index contributed by atoms with van der Waals surface area (Å²) in [6.45, 7) is 9.05. The number of hydrogen-bond acceptors (Lipinski definition) is 2. The molecule has 3 unspecified atom stereocenters. The number of aromatic nitrogens is 2. The zero-order valence-corrected chi connectivity index (χ0v) is 11.5. The second-order valence-corrected chi connectivity index (χ2v) is 5.91. The van der Waals surface area contributed by atoms with E-state index in [9.17, 15) is 0 Å². The molecule has 2 rings (SSSR count). The summed E-state index contributed by atoms with van der Waals surface area (Å²) in [5.74, 6) is 1.72. The largest absolute Gasteiger partial charge is 0.380 e. The molecule has 0 amide bonds. The lowest BCUT2D eigenvalue weighted by atomic mass is 9.79. The Labute approximate surface area is 105 Å². The third kappa shape index (κ3) is 3.02. The van der Waals surface area contributed by atoms with Gasteiger partial charge in [-0.1, -0.05) is 13.8 Å². The molecule has 17 heavy (non-hydrogen) atoms. The molecule has 1 aromatic heterocycles. The molecule has 1 heterocycles. The maximum Gasteiger partial charge on any atom is 0.0728 e. The van der Waals surface area contributed by atoms with Gasteiger partial charge in [0.2, 0.25) is 0 Å². The van der Waals surface area contributed by atoms with Gasteiger partial charge in [0.1, 0.15) is 0 Å². The lowest BCUT2D eigenvalue weighted by Gasteiger charge is -2.32. The maximum absolute atomic E-state index is 4.37. The van der Waals surface area contributed by atoms with Crippen LogP contribution < -0.4 is 5.32 Å². The van der Waals surface area contributed by atoms with Crippen molar-refractivity contribution in [2.75, 3.05) is 5.32 Å². The third-order valence-electron chi connectivity index (χ3n) is 4.10. The Morgan fingerprint density at radius 2 is 2.06 bits per heavy atom. The average molecular weight is 235 g/mol. The number of nitrogens with zero attached hydrogens (tertiary/aromatic N) is 2. The monoisotopic (exact) mass is 235 g/mol. The Morgan fingerprint density at radius 1 is 1.29 bits per heavy atom. The lowest BCUT2D eigenvalue weighted by molar-refractivity contribution is 0.261. The smallest absolute Gasteiger partial charge is 0.0728 e. The van der Waals surface area contributed by atoms with Gasteiger partial charge in [-0.25, -0.2) is 0 Å². The van der Waals surface area contributed by atoms with Crippen LogP contribution in [-0.4, -0.2) is 15.8 Å². The Balaban J connectivity index is 1.92. The molecule has 0 bridgehead atoms. The molecule has 1 fully saturated rings. The van der Waals surface area contributed by atoms with Crippen LogP contribution in [0.4, 0.5) is 5.69 Å². The van der Waals surface area contributed by atoms with Crippen LogP contribution in [0.5, 0.6) is 0 Å². The van der Waals surface area contributed by atoms with E-state index in [1.165, 1.54) is 24.9 Å². The maximum atomic E-state index is 4.37. The molecule has 1 aromatic rings. The molecule has 96 valence electrons. The summed E-state index contributed by atoms with van der Waals surface area (Å²) in [4.78, 5) is 0. The molecular weight excluding hydrogens is 210 g/mol. The van der Waals surface area contributed by atoms with Crippen molar-refractivity contribution < 1.29 is 0 Å². The van der Waals surface area contributed by atoms with Gasteiger partial charge in [0, 0.05) is 18.3 Å². The normalized spacial score (nSPS) is 29.6. The van der Waals surface area contributed by atoms with Crippen LogP contribution in [0.1, 0.15) is 53.0 Å². The fourth-order valence-corrected chi connectivity index (χ4v) is 2.61. The fraction of sp³-hybridized carbons (Fsp3) is 0.786. The van der Waals surface area contributed by atoms with Crippen LogP contribution in [0.3, 0.4) is 0 Å². The van der Waals surface area contributed by atoms with E-state index in [1.54, 1.807) is 0 Å². The summed E-state index contributed by atoms with van der Waals surface area (Å²) < 4.78 is 2.01. The molecule has 1 aliphatic carbocycles. The molecule has 0 spiro atoms. The van der Waals surface area contributed by atoms with Crippen LogP contribution in [0, 0.1) is 11.8 Å². The number of hydrogen-bond donors (Lipinski definition) is 1. The van der Waals surface area contributed by atoms with Gasteiger partial charge in [0.15, 0.2) is 0 Å². The Bertz CT molecular complexity index is 356. The molecule has 0 aromatic carbocycles. The summed E-state index contributed by atoms with van der Waals surface area (Å²) in [7, 11) is 0. The SMILES string of the molecule is CC1CCC(Nc2cnn(C(C)C)c2)CC1C. The van der Waals surface area contributed by atoms with Gasteiger partial charge in [-0.3, -0.25) is 4.68 Å². The first-order valence-electron chi connectivity index (χ1n) is 6.87. The molecular formula is C14H25N3. The quantitative estimate of drug-likeness (QED) is 0.865. The molecule has 1 aliphatic rings. The number of anilines is 1. The first-order valence-corrected chi connectivity index (χ1v) is 6.87. The van der Waals surface area contributed by atoms with Gasteiger partial charge < -0.3 is 5.32 Å². The van der Waals surface area contributed by atoms with Gasteiger partial charge in [-0.15, -0.1) is 0 Å². The second-order valence-electron chi connectivity index (χ2n) is 5.91. The van der Waals surface area contributed by atoms with Crippen molar-refractivity contribution >= 4 is 5.69 Å². The summed E-state index contributed by atoms with van der Waals surface area (Å²) in [5, 5.41) is 7.99. The van der Waals surface area contributed by atoms with Crippen LogP contribution in [0.15, 0.2) is 12.4 Å². The Kier molecular flexibility index (Phi) is 3.75. The van der Waals surface area contributed by atoms with E-state index in [2.05, 4.69) is 44.3 Å². The van der Waals surface area contributed by atoms with Crippen molar-refractivity contribution in [2.24, 2.45) is 11.8 Å². The standard InChI is InChI=1S/C14H25N3/c1-10(2)17-9-14(8-15-17)16-13-6-5-11(3)12(4)7-13/h8-13,16H,5-7H2,1-4H3. The van der Waals surface area contributed by atoms with E-state index in [1.807, 2.05) is 10.9 Å². The highest BCUT2D eigenvalue weighted by Gasteiger charge is 2.24. The molecule has 0 radical (unpaired) electrons. The van der Waals surface area contributed by atoms with E-state index in [4.69, 9.17) is 0 Å². The first-order chi connectivity index (χ1) is 8.06. The molecule has 1 saturated carbocycles. The summed E-state index contributed by atoms with van der Waals surface area (Å²) in [6.07, 6.45) is 7.99. The van der Waals surface area contributed by atoms with E-state index >= 15 is 0 Å². The predicted octanol–water partition coefficient (Wildman–Crippen LogP) is 3.70. The van der Waals surface area contributed by atoms with Crippen molar-refractivity contribution in [1.82, 2.24) is 9.78 Å². The predicted molar refractivity (Wildman–Crippen MR) is 72.2 cm³/mol. The third-order valence-corrected chi connectivity index (χ3v) is 4.10. The van der Waals surface area contributed by atoms with E-state index in [0.717, 1.165) is 11.8 Å².